The number of hydrogen-bond acceptors (Lipinski definition) is 3. The number of pyridine rings is 1. The summed E-state index contributed by atoms with van der Waals surface area (Å²) in [4.78, 5) is 4.25. The second kappa shape index (κ2) is 4.18. The summed E-state index contributed by atoms with van der Waals surface area (Å²) in [6.07, 6.45) is 7.39. The normalized spacial score (nSPS) is 10.1. The SMILES string of the molecule is C=Cc1c(-c2cnn(C)c2)ccnc1NC. The van der Waals surface area contributed by atoms with Crippen LogP contribution in [-0.2, 0) is 7.05 Å². The van der Waals surface area contributed by atoms with Gasteiger partial charge in [0.25, 0.3) is 0 Å². The minimum atomic E-state index is 0.830. The Balaban J connectivity index is 2.60. The van der Waals surface area contributed by atoms with Crippen molar-refractivity contribution >= 4 is 11.9 Å². The van der Waals surface area contributed by atoms with Crippen molar-refractivity contribution in [3.8, 4) is 11.1 Å². The minimum absolute atomic E-state index is 0.830. The Morgan fingerprint density at radius 2 is 2.31 bits per heavy atom. The molecule has 2 aromatic heterocycles. The summed E-state index contributed by atoms with van der Waals surface area (Å²) >= 11 is 0. The van der Waals surface area contributed by atoms with Crippen LogP contribution >= 0.6 is 0 Å². The van der Waals surface area contributed by atoms with Crippen LogP contribution in [0.5, 0.6) is 0 Å². The molecule has 16 heavy (non-hydrogen) atoms. The quantitative estimate of drug-likeness (QED) is 0.851. The zero-order valence-corrected chi connectivity index (χ0v) is 9.44. The van der Waals surface area contributed by atoms with Gasteiger partial charge in [0.1, 0.15) is 5.82 Å². The molecule has 4 heteroatoms. The second-order valence-electron chi connectivity index (χ2n) is 3.48. The maximum atomic E-state index is 4.25. The van der Waals surface area contributed by atoms with Crippen LogP contribution in [0.4, 0.5) is 5.82 Å². The number of hydrogen-bond donors (Lipinski definition) is 1. The summed E-state index contributed by atoms with van der Waals surface area (Å²) in [5.41, 5.74) is 3.15. The first-order valence-corrected chi connectivity index (χ1v) is 5.04. The molecular formula is C12H14N4. The maximum absolute atomic E-state index is 4.25. The molecule has 0 fully saturated rings. The Morgan fingerprint density at radius 1 is 1.50 bits per heavy atom. The fourth-order valence-corrected chi connectivity index (χ4v) is 1.69. The van der Waals surface area contributed by atoms with E-state index in [4.69, 9.17) is 0 Å². The molecule has 2 rings (SSSR count). The molecule has 0 aliphatic rings. The standard InChI is InChI=1S/C12H14N4/c1-4-10-11(5-6-14-12(10)13-2)9-7-15-16(3)8-9/h4-8H,1H2,2-3H3,(H,13,14). The summed E-state index contributed by atoms with van der Waals surface area (Å²) in [6, 6.07) is 1.97. The molecule has 0 radical (unpaired) electrons. The number of anilines is 1. The van der Waals surface area contributed by atoms with Crippen LogP contribution in [-0.4, -0.2) is 21.8 Å². The van der Waals surface area contributed by atoms with E-state index in [1.807, 2.05) is 32.6 Å². The van der Waals surface area contributed by atoms with Crippen LogP contribution in [0, 0.1) is 0 Å². The van der Waals surface area contributed by atoms with Crippen LogP contribution in [0.2, 0.25) is 0 Å². The molecule has 0 aliphatic carbocycles. The van der Waals surface area contributed by atoms with Gasteiger partial charge in [0.15, 0.2) is 0 Å². The van der Waals surface area contributed by atoms with Crippen molar-refractivity contribution in [3.05, 3.63) is 36.8 Å². The van der Waals surface area contributed by atoms with E-state index in [1.165, 1.54) is 0 Å². The number of aromatic nitrogens is 3. The Bertz CT molecular complexity index is 513. The molecule has 0 aliphatic heterocycles. The lowest BCUT2D eigenvalue weighted by Crippen LogP contribution is -1.96. The fourth-order valence-electron chi connectivity index (χ4n) is 1.69. The van der Waals surface area contributed by atoms with E-state index in [9.17, 15) is 0 Å². The Kier molecular flexibility index (Phi) is 2.72. The van der Waals surface area contributed by atoms with Crippen molar-refractivity contribution in [2.24, 2.45) is 7.05 Å². The molecule has 0 saturated carbocycles. The van der Waals surface area contributed by atoms with Gasteiger partial charge in [-0.3, -0.25) is 4.68 Å². The van der Waals surface area contributed by atoms with Crippen LogP contribution in [0.15, 0.2) is 31.2 Å². The van der Waals surface area contributed by atoms with E-state index in [1.54, 1.807) is 17.0 Å². The van der Waals surface area contributed by atoms with Gasteiger partial charge in [-0.25, -0.2) is 4.98 Å². The highest BCUT2D eigenvalue weighted by Crippen LogP contribution is 2.27. The molecule has 2 heterocycles. The van der Waals surface area contributed by atoms with Gasteiger partial charge in [-0.2, -0.15) is 5.10 Å². The van der Waals surface area contributed by atoms with E-state index in [0.717, 1.165) is 22.5 Å². The lowest BCUT2D eigenvalue weighted by atomic mass is 10.0. The summed E-state index contributed by atoms with van der Waals surface area (Å²) < 4.78 is 1.78. The number of nitrogens with zero attached hydrogens (tertiary/aromatic N) is 3. The average Bonchev–Trinajstić information content (AvgIpc) is 2.74. The summed E-state index contributed by atoms with van der Waals surface area (Å²) in [5.74, 6) is 0.830. The third-order valence-electron chi connectivity index (χ3n) is 2.45. The molecule has 4 nitrogen and oxygen atoms in total. The number of nitrogens with one attached hydrogen (secondary N) is 1. The maximum Gasteiger partial charge on any atom is 0.133 e. The van der Waals surface area contributed by atoms with Crippen LogP contribution in [0.25, 0.3) is 17.2 Å². The molecular weight excluding hydrogens is 200 g/mol. The predicted molar refractivity (Wildman–Crippen MR) is 66.1 cm³/mol. The average molecular weight is 214 g/mol. The van der Waals surface area contributed by atoms with Crippen LogP contribution in [0.3, 0.4) is 0 Å². The molecule has 2 aromatic rings. The van der Waals surface area contributed by atoms with E-state index < -0.39 is 0 Å². The van der Waals surface area contributed by atoms with Gasteiger partial charge in [0, 0.05) is 37.6 Å². The van der Waals surface area contributed by atoms with Gasteiger partial charge in [-0.05, 0) is 11.6 Å². The van der Waals surface area contributed by atoms with E-state index in [-0.39, 0.29) is 0 Å². The molecule has 0 aromatic carbocycles. The first kappa shape index (κ1) is 10.4. The molecule has 82 valence electrons. The summed E-state index contributed by atoms with van der Waals surface area (Å²) in [5, 5.41) is 7.22. The third-order valence-corrected chi connectivity index (χ3v) is 2.45. The third kappa shape index (κ3) is 1.69. The van der Waals surface area contributed by atoms with Gasteiger partial charge in [0.05, 0.1) is 6.20 Å². The monoisotopic (exact) mass is 214 g/mol. The van der Waals surface area contributed by atoms with Gasteiger partial charge in [0.2, 0.25) is 0 Å². The van der Waals surface area contributed by atoms with Crippen LogP contribution < -0.4 is 5.32 Å². The highest BCUT2D eigenvalue weighted by atomic mass is 15.2. The first-order valence-electron chi connectivity index (χ1n) is 5.04. The van der Waals surface area contributed by atoms with Crippen molar-refractivity contribution in [1.29, 1.82) is 0 Å². The largest absolute Gasteiger partial charge is 0.373 e. The zero-order valence-electron chi connectivity index (χ0n) is 9.44. The van der Waals surface area contributed by atoms with Crippen molar-refractivity contribution in [2.75, 3.05) is 12.4 Å². The summed E-state index contributed by atoms with van der Waals surface area (Å²) in [7, 11) is 3.75. The lowest BCUT2D eigenvalue weighted by molar-refractivity contribution is 0.768. The second-order valence-corrected chi connectivity index (χ2v) is 3.48. The highest BCUT2D eigenvalue weighted by molar-refractivity contribution is 5.79. The predicted octanol–water partition coefficient (Wildman–Crippen LogP) is 2.17. The molecule has 0 unspecified atom stereocenters. The highest BCUT2D eigenvalue weighted by Gasteiger charge is 2.08. The number of aryl methyl sites for hydroxylation is 1. The van der Waals surface area contributed by atoms with Crippen molar-refractivity contribution in [2.45, 2.75) is 0 Å². The van der Waals surface area contributed by atoms with Crippen molar-refractivity contribution in [3.63, 3.8) is 0 Å². The van der Waals surface area contributed by atoms with Gasteiger partial charge in [-0.1, -0.05) is 12.7 Å². The minimum Gasteiger partial charge on any atom is -0.373 e. The molecule has 0 atom stereocenters. The smallest absolute Gasteiger partial charge is 0.133 e. The van der Waals surface area contributed by atoms with Crippen molar-refractivity contribution < 1.29 is 0 Å². The van der Waals surface area contributed by atoms with E-state index in [0.29, 0.717) is 0 Å². The number of rotatable bonds is 3. The molecule has 0 amide bonds. The van der Waals surface area contributed by atoms with Gasteiger partial charge < -0.3 is 5.32 Å². The molecule has 1 N–H and O–H groups in total. The lowest BCUT2D eigenvalue weighted by Gasteiger charge is -2.08. The first-order chi connectivity index (χ1) is 7.76. The van der Waals surface area contributed by atoms with E-state index in [2.05, 4.69) is 22.0 Å². The van der Waals surface area contributed by atoms with Crippen molar-refractivity contribution in [1.82, 2.24) is 14.8 Å². The topological polar surface area (TPSA) is 42.7 Å². The van der Waals surface area contributed by atoms with E-state index >= 15 is 0 Å². The molecule has 0 bridgehead atoms. The fraction of sp³-hybridized carbons (Fsp3) is 0.167. The van der Waals surface area contributed by atoms with Gasteiger partial charge in [-0.15, -0.1) is 0 Å². The Hall–Kier alpha value is -2.10. The van der Waals surface area contributed by atoms with Gasteiger partial charge >= 0.3 is 0 Å². The Labute approximate surface area is 94.6 Å². The summed E-state index contributed by atoms with van der Waals surface area (Å²) in [6.45, 7) is 3.83. The molecule has 0 saturated heterocycles. The Morgan fingerprint density at radius 3 is 2.88 bits per heavy atom. The molecule has 0 spiro atoms. The van der Waals surface area contributed by atoms with Crippen LogP contribution in [0.1, 0.15) is 5.56 Å². The zero-order chi connectivity index (χ0) is 11.5.